The first-order valence-electron chi connectivity index (χ1n) is 12.2. The topological polar surface area (TPSA) is 126 Å². The molecule has 2 unspecified atom stereocenters. The lowest BCUT2D eigenvalue weighted by molar-refractivity contribution is -0.384. The SMILES string of the molecule is CC(C)(C)C(COc1ccccc1)n1nnnc1C(NCCCn1ccnc1)c1cccc([N+](=O)[O-])c1. The summed E-state index contributed by atoms with van der Waals surface area (Å²) in [6, 6.07) is 15.5. The normalized spacial score (nSPS) is 13.3. The van der Waals surface area contributed by atoms with Gasteiger partial charge in [-0.3, -0.25) is 10.1 Å². The van der Waals surface area contributed by atoms with E-state index < -0.39 is 11.0 Å². The van der Waals surface area contributed by atoms with E-state index in [0.717, 1.165) is 18.7 Å². The zero-order valence-corrected chi connectivity index (χ0v) is 21.3. The predicted octanol–water partition coefficient (Wildman–Crippen LogP) is 4.21. The molecule has 0 fully saturated rings. The number of aryl methyl sites for hydroxylation is 1. The van der Waals surface area contributed by atoms with Gasteiger partial charge in [-0.2, -0.15) is 0 Å². The average molecular weight is 505 g/mol. The van der Waals surface area contributed by atoms with Gasteiger partial charge in [0.1, 0.15) is 12.4 Å². The van der Waals surface area contributed by atoms with Crippen LogP contribution in [0.1, 0.15) is 50.7 Å². The molecular formula is C26H32N8O3. The van der Waals surface area contributed by atoms with E-state index in [9.17, 15) is 10.1 Å². The second kappa shape index (κ2) is 11.7. The van der Waals surface area contributed by atoms with Crippen LogP contribution in [-0.2, 0) is 6.54 Å². The van der Waals surface area contributed by atoms with Crippen LogP contribution in [0.25, 0.3) is 0 Å². The van der Waals surface area contributed by atoms with Crippen molar-refractivity contribution in [2.24, 2.45) is 5.41 Å². The second-order valence-electron chi connectivity index (χ2n) is 9.88. The van der Waals surface area contributed by atoms with Crippen molar-refractivity contribution in [2.75, 3.05) is 13.2 Å². The lowest BCUT2D eigenvalue weighted by Gasteiger charge is -2.32. The number of nitro groups is 1. The lowest BCUT2D eigenvalue weighted by atomic mass is 9.87. The highest BCUT2D eigenvalue weighted by Crippen LogP contribution is 2.34. The van der Waals surface area contributed by atoms with E-state index in [-0.39, 0.29) is 17.1 Å². The highest BCUT2D eigenvalue weighted by atomic mass is 16.6. The number of hydrogen-bond donors (Lipinski definition) is 1. The van der Waals surface area contributed by atoms with Crippen molar-refractivity contribution >= 4 is 5.69 Å². The first-order valence-corrected chi connectivity index (χ1v) is 12.2. The van der Waals surface area contributed by atoms with Crippen LogP contribution >= 0.6 is 0 Å². The molecule has 11 heteroatoms. The molecule has 0 aliphatic carbocycles. The third-order valence-electron chi connectivity index (χ3n) is 6.14. The van der Waals surface area contributed by atoms with Gasteiger partial charge >= 0.3 is 0 Å². The van der Waals surface area contributed by atoms with E-state index in [1.54, 1.807) is 29.3 Å². The van der Waals surface area contributed by atoms with Gasteiger partial charge in [-0.25, -0.2) is 9.67 Å². The van der Waals surface area contributed by atoms with Crippen molar-refractivity contribution in [3.05, 3.63) is 94.8 Å². The summed E-state index contributed by atoms with van der Waals surface area (Å²) in [6.45, 7) is 8.11. The molecule has 0 aliphatic heterocycles. The van der Waals surface area contributed by atoms with Crippen molar-refractivity contribution in [1.82, 2.24) is 35.1 Å². The van der Waals surface area contributed by atoms with Crippen LogP contribution in [0.15, 0.2) is 73.3 Å². The summed E-state index contributed by atoms with van der Waals surface area (Å²) in [6.07, 6.45) is 6.26. The van der Waals surface area contributed by atoms with Gasteiger partial charge in [0.2, 0.25) is 0 Å². The molecule has 11 nitrogen and oxygen atoms in total. The molecule has 1 N–H and O–H groups in total. The molecule has 2 heterocycles. The number of hydrogen-bond acceptors (Lipinski definition) is 8. The Morgan fingerprint density at radius 1 is 1.14 bits per heavy atom. The molecule has 2 aromatic heterocycles. The fourth-order valence-electron chi connectivity index (χ4n) is 4.10. The number of aromatic nitrogens is 6. The van der Waals surface area contributed by atoms with Gasteiger partial charge in [-0.1, -0.05) is 51.1 Å². The number of non-ortho nitro benzene ring substituents is 1. The number of nitrogens with zero attached hydrogens (tertiary/aromatic N) is 7. The third kappa shape index (κ3) is 6.76. The average Bonchev–Trinajstić information content (AvgIpc) is 3.57. The smallest absolute Gasteiger partial charge is 0.269 e. The summed E-state index contributed by atoms with van der Waals surface area (Å²) in [5.41, 5.74) is 0.485. The number of nitrogens with one attached hydrogen (secondary N) is 1. The molecule has 0 amide bonds. The molecular weight excluding hydrogens is 472 g/mol. The molecule has 2 atom stereocenters. The number of rotatable bonds is 12. The van der Waals surface area contributed by atoms with Crippen LogP contribution < -0.4 is 10.1 Å². The Balaban J connectivity index is 1.62. The van der Waals surface area contributed by atoms with Crippen LogP contribution in [0.2, 0.25) is 0 Å². The van der Waals surface area contributed by atoms with Gasteiger partial charge in [0.05, 0.1) is 23.3 Å². The number of ether oxygens (including phenoxy) is 1. The highest BCUT2D eigenvalue weighted by molar-refractivity contribution is 5.37. The maximum absolute atomic E-state index is 11.5. The number of para-hydroxylation sites is 1. The molecule has 37 heavy (non-hydrogen) atoms. The van der Waals surface area contributed by atoms with E-state index in [0.29, 0.717) is 24.5 Å². The van der Waals surface area contributed by atoms with Crippen LogP contribution in [0.4, 0.5) is 5.69 Å². The Labute approximate surface area is 215 Å². The predicted molar refractivity (Wildman–Crippen MR) is 138 cm³/mol. The molecule has 0 spiro atoms. The maximum atomic E-state index is 11.5. The van der Waals surface area contributed by atoms with Crippen molar-refractivity contribution in [2.45, 2.75) is 45.8 Å². The zero-order valence-electron chi connectivity index (χ0n) is 21.3. The van der Waals surface area contributed by atoms with Gasteiger partial charge in [0.15, 0.2) is 5.82 Å². The summed E-state index contributed by atoms with van der Waals surface area (Å²) in [4.78, 5) is 15.2. The minimum atomic E-state index is -0.459. The molecule has 0 radical (unpaired) electrons. The first-order chi connectivity index (χ1) is 17.8. The minimum Gasteiger partial charge on any atom is -0.491 e. The quantitative estimate of drug-likeness (QED) is 0.173. The van der Waals surface area contributed by atoms with Crippen molar-refractivity contribution in [1.29, 1.82) is 0 Å². The Hall–Kier alpha value is -4.12. The maximum Gasteiger partial charge on any atom is 0.269 e. The number of imidazole rings is 1. The number of nitro benzene ring substituents is 1. The monoisotopic (exact) mass is 504 g/mol. The third-order valence-corrected chi connectivity index (χ3v) is 6.14. The second-order valence-corrected chi connectivity index (χ2v) is 9.88. The standard InChI is InChI=1S/C26H32N8O3/c1-26(2,3)23(18-37-22-11-5-4-6-12-22)33-25(29-30-31-33)24(20-9-7-10-21(17-20)34(35)36)28-13-8-15-32-16-14-27-19-32/h4-7,9-12,14,16-17,19,23-24,28H,8,13,15,18H2,1-3H3. The summed E-state index contributed by atoms with van der Waals surface area (Å²) >= 11 is 0. The highest BCUT2D eigenvalue weighted by Gasteiger charge is 2.33. The first kappa shape index (κ1) is 26.0. The van der Waals surface area contributed by atoms with Crippen molar-refractivity contribution < 1.29 is 9.66 Å². The summed E-state index contributed by atoms with van der Waals surface area (Å²) < 4.78 is 9.91. The summed E-state index contributed by atoms with van der Waals surface area (Å²) in [7, 11) is 0. The molecule has 194 valence electrons. The van der Waals surface area contributed by atoms with Crippen LogP contribution in [0, 0.1) is 15.5 Å². The van der Waals surface area contributed by atoms with E-state index in [1.165, 1.54) is 6.07 Å². The summed E-state index contributed by atoms with van der Waals surface area (Å²) in [5.74, 6) is 1.33. The molecule has 0 saturated heterocycles. The van der Waals surface area contributed by atoms with E-state index in [1.807, 2.05) is 47.2 Å². The van der Waals surface area contributed by atoms with Gasteiger partial charge in [-0.05, 0) is 46.5 Å². The van der Waals surface area contributed by atoms with Crippen molar-refractivity contribution in [3.63, 3.8) is 0 Å². The molecule has 0 bridgehead atoms. The molecule has 4 rings (SSSR count). The van der Waals surface area contributed by atoms with Gasteiger partial charge in [0, 0.05) is 31.1 Å². The fourth-order valence-corrected chi connectivity index (χ4v) is 4.10. The van der Waals surface area contributed by atoms with E-state index in [2.05, 4.69) is 46.6 Å². The summed E-state index contributed by atoms with van der Waals surface area (Å²) in [5, 5.41) is 27.8. The van der Waals surface area contributed by atoms with E-state index in [4.69, 9.17) is 4.74 Å². The van der Waals surface area contributed by atoms with Crippen LogP contribution in [-0.4, -0.2) is 47.8 Å². The van der Waals surface area contributed by atoms with Gasteiger partial charge < -0.3 is 14.6 Å². The van der Waals surface area contributed by atoms with Gasteiger partial charge in [-0.15, -0.1) is 5.10 Å². The number of tetrazole rings is 1. The Kier molecular flexibility index (Phi) is 8.24. The lowest BCUT2D eigenvalue weighted by Crippen LogP contribution is -2.35. The Morgan fingerprint density at radius 3 is 2.65 bits per heavy atom. The molecule has 0 aliphatic rings. The Morgan fingerprint density at radius 2 is 1.95 bits per heavy atom. The zero-order chi connectivity index (χ0) is 26.3. The molecule has 0 saturated carbocycles. The molecule has 2 aromatic carbocycles. The van der Waals surface area contributed by atoms with E-state index >= 15 is 0 Å². The largest absolute Gasteiger partial charge is 0.491 e. The number of benzene rings is 2. The minimum absolute atomic E-state index is 0.0153. The Bertz CT molecular complexity index is 1270. The van der Waals surface area contributed by atoms with Crippen LogP contribution in [0.3, 0.4) is 0 Å². The molecule has 4 aromatic rings. The van der Waals surface area contributed by atoms with Crippen molar-refractivity contribution in [3.8, 4) is 5.75 Å². The fraction of sp³-hybridized carbons (Fsp3) is 0.385. The van der Waals surface area contributed by atoms with Gasteiger partial charge in [0.25, 0.3) is 5.69 Å². The van der Waals surface area contributed by atoms with Crippen LogP contribution in [0.5, 0.6) is 5.75 Å².